The molecular formula is C49H43Cl2N3O7. The number of ether oxygens (including phenoxy) is 2. The van der Waals surface area contributed by atoms with Crippen LogP contribution in [0, 0.1) is 17.2 Å². The number of benzene rings is 5. The molecule has 0 bridgehead atoms. The molecule has 0 aromatic heterocycles. The fraction of sp³-hybridized carbons (Fsp3) is 0.286. The first-order chi connectivity index (χ1) is 29.5. The lowest BCUT2D eigenvalue weighted by Crippen LogP contribution is -2.56. The number of carbonyl (C=O) groups excluding carboxylic acids is 3. The van der Waals surface area contributed by atoms with Gasteiger partial charge in [0.25, 0.3) is 0 Å². The number of carboxylic acids is 1. The highest BCUT2D eigenvalue weighted by molar-refractivity contribution is 6.42. The molecule has 5 aromatic rings. The topological polar surface area (TPSA) is 146 Å². The number of halogens is 2. The molecule has 61 heavy (non-hydrogen) atoms. The number of carbonyl (C=O) groups is 4. The van der Waals surface area contributed by atoms with Crippen molar-refractivity contribution >= 4 is 46.8 Å². The molecule has 3 aliphatic rings. The van der Waals surface area contributed by atoms with E-state index in [1.165, 1.54) is 0 Å². The fourth-order valence-electron chi connectivity index (χ4n) is 8.53. The van der Waals surface area contributed by atoms with Crippen LogP contribution in [-0.4, -0.2) is 45.7 Å². The number of carboxylic acid groups (broad SMARTS) is 1. The minimum atomic E-state index is -1.24. The molecule has 0 radical (unpaired) electrons. The highest BCUT2D eigenvalue weighted by Gasteiger charge is 2.39. The number of nitriles is 1. The Hall–Kier alpha value is -6.15. The van der Waals surface area contributed by atoms with Gasteiger partial charge in [-0.2, -0.15) is 5.26 Å². The highest BCUT2D eigenvalue weighted by Crippen LogP contribution is 2.39. The zero-order valence-electron chi connectivity index (χ0n) is 33.2. The molecular weight excluding hydrogens is 813 g/mol. The summed E-state index contributed by atoms with van der Waals surface area (Å²) in [5, 5.41) is 23.1. The first-order valence-corrected chi connectivity index (χ1v) is 21.2. The number of hydrogen-bond acceptors (Lipinski definition) is 7. The lowest BCUT2D eigenvalue weighted by atomic mass is 9.87. The lowest BCUT2D eigenvalue weighted by Gasteiger charge is -2.38. The van der Waals surface area contributed by atoms with E-state index in [0.29, 0.717) is 50.2 Å². The minimum Gasteiger partial charge on any atom is -0.489 e. The third-order valence-corrected chi connectivity index (χ3v) is 12.6. The van der Waals surface area contributed by atoms with E-state index in [0.717, 1.165) is 53.5 Å². The minimum absolute atomic E-state index is 0.0384. The van der Waals surface area contributed by atoms with E-state index in [2.05, 4.69) is 11.4 Å². The van der Waals surface area contributed by atoms with Crippen LogP contribution in [0.5, 0.6) is 11.5 Å². The number of aliphatic carboxylic acids is 1. The van der Waals surface area contributed by atoms with Crippen molar-refractivity contribution in [2.75, 3.05) is 0 Å². The second-order valence-electron chi connectivity index (χ2n) is 16.1. The average Bonchev–Trinajstić information content (AvgIpc) is 3.78. The molecule has 1 fully saturated rings. The van der Waals surface area contributed by atoms with Crippen LogP contribution in [0.1, 0.15) is 77.2 Å². The van der Waals surface area contributed by atoms with Gasteiger partial charge < -0.3 is 24.8 Å². The van der Waals surface area contributed by atoms with Gasteiger partial charge in [-0.05, 0) is 94.6 Å². The van der Waals surface area contributed by atoms with Crippen LogP contribution in [-0.2, 0) is 51.6 Å². The van der Waals surface area contributed by atoms with Crippen molar-refractivity contribution in [2.24, 2.45) is 5.92 Å². The molecule has 3 atom stereocenters. The van der Waals surface area contributed by atoms with E-state index in [4.69, 9.17) is 37.9 Å². The number of nitrogens with one attached hydrogen (secondary N) is 1. The molecule has 5 aromatic carbocycles. The van der Waals surface area contributed by atoms with Crippen LogP contribution in [0.2, 0.25) is 10.0 Å². The molecule has 1 aliphatic carbocycles. The lowest BCUT2D eigenvalue weighted by molar-refractivity contribution is -0.145. The van der Waals surface area contributed by atoms with Gasteiger partial charge in [0.2, 0.25) is 11.8 Å². The summed E-state index contributed by atoms with van der Waals surface area (Å²) in [7, 11) is 0. The third kappa shape index (κ3) is 9.59. The average molecular weight is 857 g/mol. The summed E-state index contributed by atoms with van der Waals surface area (Å²) in [5.74, 6) is -0.594. The van der Waals surface area contributed by atoms with Crippen LogP contribution >= 0.6 is 23.2 Å². The molecule has 2 N–H and O–H groups in total. The van der Waals surface area contributed by atoms with Gasteiger partial charge in [-0.15, -0.1) is 0 Å². The fourth-order valence-corrected chi connectivity index (χ4v) is 8.85. The smallest absolute Gasteiger partial charge is 0.326 e. The van der Waals surface area contributed by atoms with Crippen LogP contribution in [0.4, 0.5) is 0 Å². The molecule has 1 unspecified atom stereocenters. The van der Waals surface area contributed by atoms with Crippen LogP contribution in [0.3, 0.4) is 0 Å². The summed E-state index contributed by atoms with van der Waals surface area (Å²) in [5.41, 5.74) is 6.96. The van der Waals surface area contributed by atoms with Crippen LogP contribution in [0.15, 0.2) is 103 Å². The maximum absolute atomic E-state index is 14.2. The molecule has 0 saturated heterocycles. The van der Waals surface area contributed by atoms with E-state index in [1.54, 1.807) is 53.4 Å². The number of nitrogens with zero attached hydrogens (tertiary/aromatic N) is 2. The highest BCUT2D eigenvalue weighted by atomic mass is 35.5. The molecule has 10 nitrogen and oxygen atoms in total. The normalized spacial score (nSPS) is 17.7. The maximum Gasteiger partial charge on any atom is 0.326 e. The zero-order chi connectivity index (χ0) is 42.6. The summed E-state index contributed by atoms with van der Waals surface area (Å²) >= 11 is 12.2. The van der Waals surface area contributed by atoms with Crippen molar-refractivity contribution in [1.82, 2.24) is 10.2 Å². The Bertz CT molecular complexity index is 2510. The summed E-state index contributed by atoms with van der Waals surface area (Å²) in [4.78, 5) is 55.9. The van der Waals surface area contributed by atoms with Crippen molar-refractivity contribution in [3.05, 3.63) is 152 Å². The molecule has 12 heteroatoms. The number of hydrogen-bond donors (Lipinski definition) is 2. The van der Waals surface area contributed by atoms with Crippen molar-refractivity contribution < 1.29 is 33.8 Å². The van der Waals surface area contributed by atoms with E-state index in [1.807, 2.05) is 54.6 Å². The van der Waals surface area contributed by atoms with E-state index < -0.39 is 30.1 Å². The van der Waals surface area contributed by atoms with Crippen molar-refractivity contribution in [3.8, 4) is 28.7 Å². The predicted molar refractivity (Wildman–Crippen MR) is 230 cm³/mol. The number of ketones is 1. The van der Waals surface area contributed by atoms with Gasteiger partial charge in [-0.3, -0.25) is 14.4 Å². The number of amides is 2. The summed E-state index contributed by atoms with van der Waals surface area (Å²) < 4.78 is 12.3. The Kier molecular flexibility index (Phi) is 12.4. The van der Waals surface area contributed by atoms with E-state index >= 15 is 0 Å². The summed E-state index contributed by atoms with van der Waals surface area (Å²) in [6.45, 7) is 0.432. The molecule has 310 valence electrons. The Morgan fingerprint density at radius 1 is 0.852 bits per heavy atom. The molecule has 2 heterocycles. The first kappa shape index (κ1) is 41.6. The Labute approximate surface area is 364 Å². The summed E-state index contributed by atoms with van der Waals surface area (Å²) in [6, 6.07) is 30.8. The standard InChI is InChI=1S/C49H43Cl2N3O7/c50-40-18-9-32(19-41(40)51)28-60-39-16-14-35(15-17-39)47-44(55)24-37-22-36-23-43(54(27-38(36)25-45(37)61-47)46(56)21-29-3-1-2-4-29)48(57)53-42(49(58)59)20-30-5-10-33(11-6-30)34-12-7-31(26-52)8-13-34/h5-19,22,25,29,42-43,47H,1-4,20-21,23-24,27-28H2,(H,53,57)(H,58,59)/t42-,43-,47?/m0/s1. The van der Waals surface area contributed by atoms with Gasteiger partial charge in [-0.25, -0.2) is 4.79 Å². The second-order valence-corrected chi connectivity index (χ2v) is 16.9. The quantitative estimate of drug-likeness (QED) is 0.127. The SMILES string of the molecule is N#Cc1ccc(-c2ccc(C[C@H](NC(=O)[C@@H]3Cc4cc5c(cc4CN3C(=O)CC3CCCC3)OC(c3ccc(OCc4ccc(Cl)c(Cl)c4)cc3)C(=O)C5)C(=O)O)cc2)cc1. The number of Topliss-reactive ketones (excluding diaryl/α,β-unsaturated/α-hetero) is 1. The van der Waals surface area contributed by atoms with Gasteiger partial charge in [0.05, 0.1) is 21.7 Å². The van der Waals surface area contributed by atoms with E-state index in [9.17, 15) is 24.3 Å². The molecule has 0 spiro atoms. The van der Waals surface area contributed by atoms with Crippen molar-refractivity contribution in [2.45, 2.75) is 82.7 Å². The Morgan fingerprint density at radius 3 is 2.21 bits per heavy atom. The Morgan fingerprint density at radius 2 is 1.54 bits per heavy atom. The van der Waals surface area contributed by atoms with Crippen molar-refractivity contribution in [1.29, 1.82) is 5.26 Å². The van der Waals surface area contributed by atoms with Gasteiger partial charge in [0.1, 0.15) is 30.2 Å². The molecule has 2 aliphatic heterocycles. The van der Waals surface area contributed by atoms with Gasteiger partial charge in [0, 0.05) is 43.4 Å². The number of rotatable bonds is 12. The third-order valence-electron chi connectivity index (χ3n) is 11.9. The second kappa shape index (κ2) is 18.2. The van der Waals surface area contributed by atoms with Crippen LogP contribution in [0.25, 0.3) is 11.1 Å². The largest absolute Gasteiger partial charge is 0.489 e. The molecule has 2 amide bonds. The van der Waals surface area contributed by atoms with Crippen molar-refractivity contribution in [3.63, 3.8) is 0 Å². The molecule has 1 saturated carbocycles. The monoisotopic (exact) mass is 855 g/mol. The zero-order valence-corrected chi connectivity index (χ0v) is 34.8. The van der Waals surface area contributed by atoms with Gasteiger partial charge in [-0.1, -0.05) is 96.7 Å². The Balaban J connectivity index is 0.975. The molecule has 8 rings (SSSR count). The van der Waals surface area contributed by atoms with Gasteiger partial charge in [0.15, 0.2) is 11.9 Å². The first-order valence-electron chi connectivity index (χ1n) is 20.4. The van der Waals surface area contributed by atoms with E-state index in [-0.39, 0.29) is 50.0 Å². The maximum atomic E-state index is 14.2. The van der Waals surface area contributed by atoms with Crippen LogP contribution < -0.4 is 14.8 Å². The summed E-state index contributed by atoms with van der Waals surface area (Å²) in [6.07, 6.45) is 3.85. The van der Waals surface area contributed by atoms with Gasteiger partial charge >= 0.3 is 5.97 Å². The predicted octanol–water partition coefficient (Wildman–Crippen LogP) is 9.00. The number of fused-ring (bicyclic) bond motifs is 2.